The van der Waals surface area contributed by atoms with Crippen LogP contribution >= 0.6 is 0 Å². The molecule has 0 bridgehead atoms. The molecule has 10 heteroatoms. The van der Waals surface area contributed by atoms with Crippen LogP contribution in [0.25, 0.3) is 0 Å². The number of para-hydroxylation sites is 1. The van der Waals surface area contributed by atoms with Crippen LogP contribution in [0.1, 0.15) is 40.0 Å². The number of amides is 1. The molecule has 2 N–H and O–H groups in total. The first kappa shape index (κ1) is 22.5. The number of halogens is 3. The summed E-state index contributed by atoms with van der Waals surface area (Å²) in [5.74, 6) is 0.642. The van der Waals surface area contributed by atoms with E-state index in [9.17, 15) is 18.0 Å². The van der Waals surface area contributed by atoms with Crippen LogP contribution in [-0.2, 0) is 6.54 Å². The fraction of sp³-hybridized carbons (Fsp3) is 0.304. The Morgan fingerprint density at radius 3 is 2.55 bits per heavy atom. The number of carbonyl (C=O) groups excluding carboxylic acids is 1. The van der Waals surface area contributed by atoms with E-state index >= 15 is 0 Å². The van der Waals surface area contributed by atoms with Crippen LogP contribution in [0.3, 0.4) is 0 Å². The van der Waals surface area contributed by atoms with Gasteiger partial charge in [-0.15, -0.1) is 0 Å². The maximum absolute atomic E-state index is 13.9. The zero-order valence-corrected chi connectivity index (χ0v) is 18.0. The first-order valence-corrected chi connectivity index (χ1v) is 10.3. The van der Waals surface area contributed by atoms with Gasteiger partial charge in [0, 0.05) is 18.5 Å². The van der Waals surface area contributed by atoms with Crippen LogP contribution in [0.2, 0.25) is 0 Å². The molecule has 1 aliphatic rings. The first-order chi connectivity index (χ1) is 15.8. The van der Waals surface area contributed by atoms with E-state index in [0.29, 0.717) is 17.1 Å². The standard InChI is InChI=1S/C23H23F3N4O3/c1-32-15-9-7-14(8-10-15)12-27-22(31)17-13-28-30-20(23(24,25)26)11-18(29-21(17)30)16-5-3-4-6-19(16)33-2/h3-10,13,18,20,29H,11-12H2,1-2H3,(H,27,31)/t18-,20-/m0/s1. The molecule has 7 nitrogen and oxygen atoms in total. The lowest BCUT2D eigenvalue weighted by Crippen LogP contribution is -2.36. The third-order valence-corrected chi connectivity index (χ3v) is 5.61. The Bertz CT molecular complexity index is 1130. The van der Waals surface area contributed by atoms with Gasteiger partial charge in [-0.3, -0.25) is 4.79 Å². The van der Waals surface area contributed by atoms with Gasteiger partial charge in [-0.05, 0) is 23.8 Å². The molecule has 0 unspecified atom stereocenters. The summed E-state index contributed by atoms with van der Waals surface area (Å²) >= 11 is 0. The molecular weight excluding hydrogens is 437 g/mol. The summed E-state index contributed by atoms with van der Waals surface area (Å²) in [6, 6.07) is 11.4. The zero-order valence-electron chi connectivity index (χ0n) is 18.0. The van der Waals surface area contributed by atoms with Crippen LogP contribution in [-0.4, -0.2) is 36.1 Å². The van der Waals surface area contributed by atoms with Crippen LogP contribution in [0.4, 0.5) is 19.0 Å². The Kier molecular flexibility index (Phi) is 6.17. The minimum absolute atomic E-state index is 0.0201. The molecule has 2 heterocycles. The minimum atomic E-state index is -4.54. The van der Waals surface area contributed by atoms with Crippen molar-refractivity contribution in [3.63, 3.8) is 0 Å². The number of aromatic nitrogens is 2. The molecule has 1 aromatic heterocycles. The van der Waals surface area contributed by atoms with E-state index in [0.717, 1.165) is 16.4 Å². The molecule has 1 amide bonds. The zero-order chi connectivity index (χ0) is 23.6. The van der Waals surface area contributed by atoms with E-state index < -0.39 is 24.2 Å². The second-order valence-electron chi connectivity index (χ2n) is 7.61. The minimum Gasteiger partial charge on any atom is -0.497 e. The van der Waals surface area contributed by atoms with Crippen molar-refractivity contribution in [2.45, 2.75) is 31.2 Å². The average molecular weight is 460 g/mol. The van der Waals surface area contributed by atoms with Gasteiger partial charge in [0.2, 0.25) is 0 Å². The number of anilines is 1. The Balaban J connectivity index is 1.61. The van der Waals surface area contributed by atoms with E-state index in [2.05, 4.69) is 15.7 Å². The maximum Gasteiger partial charge on any atom is 0.410 e. The molecular formula is C23H23F3N4O3. The molecule has 0 aliphatic carbocycles. The molecule has 0 radical (unpaired) electrons. The molecule has 2 aromatic carbocycles. The third kappa shape index (κ3) is 4.59. The summed E-state index contributed by atoms with van der Waals surface area (Å²) in [5, 5.41) is 9.72. The van der Waals surface area contributed by atoms with Crippen molar-refractivity contribution in [1.82, 2.24) is 15.1 Å². The smallest absolute Gasteiger partial charge is 0.410 e. The average Bonchev–Trinajstić information content (AvgIpc) is 3.25. The van der Waals surface area contributed by atoms with Crippen molar-refractivity contribution in [3.05, 3.63) is 71.4 Å². The van der Waals surface area contributed by atoms with E-state index in [1.54, 1.807) is 55.6 Å². The Hall–Kier alpha value is -3.69. The van der Waals surface area contributed by atoms with Crippen LogP contribution in [0.5, 0.6) is 11.5 Å². The number of hydrogen-bond donors (Lipinski definition) is 2. The maximum atomic E-state index is 13.9. The highest BCUT2D eigenvalue weighted by Crippen LogP contribution is 2.45. The molecule has 0 fully saturated rings. The van der Waals surface area contributed by atoms with Crippen molar-refractivity contribution >= 4 is 11.7 Å². The number of rotatable bonds is 6. The van der Waals surface area contributed by atoms with Gasteiger partial charge in [-0.1, -0.05) is 30.3 Å². The summed E-state index contributed by atoms with van der Waals surface area (Å²) in [5.41, 5.74) is 1.43. The third-order valence-electron chi connectivity index (χ3n) is 5.61. The largest absolute Gasteiger partial charge is 0.497 e. The highest BCUT2D eigenvalue weighted by atomic mass is 19.4. The topological polar surface area (TPSA) is 77.4 Å². The summed E-state index contributed by atoms with van der Waals surface area (Å²) in [6.07, 6.45) is -3.67. The van der Waals surface area contributed by atoms with Crippen LogP contribution < -0.4 is 20.1 Å². The lowest BCUT2D eigenvalue weighted by molar-refractivity contribution is -0.173. The van der Waals surface area contributed by atoms with Crippen molar-refractivity contribution in [2.24, 2.45) is 0 Å². The number of nitrogens with one attached hydrogen (secondary N) is 2. The van der Waals surface area contributed by atoms with Crippen molar-refractivity contribution in [1.29, 1.82) is 0 Å². The normalized spacial score (nSPS) is 17.6. The second kappa shape index (κ2) is 9.05. The van der Waals surface area contributed by atoms with E-state index in [1.165, 1.54) is 7.11 Å². The summed E-state index contributed by atoms with van der Waals surface area (Å²) in [4.78, 5) is 12.9. The number of hydrogen-bond acceptors (Lipinski definition) is 5. The van der Waals surface area contributed by atoms with E-state index in [-0.39, 0.29) is 24.3 Å². The van der Waals surface area contributed by atoms with E-state index in [4.69, 9.17) is 9.47 Å². The van der Waals surface area contributed by atoms with Gasteiger partial charge < -0.3 is 20.1 Å². The molecule has 0 spiro atoms. The number of methoxy groups -OCH3 is 2. The van der Waals surface area contributed by atoms with Crippen molar-refractivity contribution < 1.29 is 27.4 Å². The first-order valence-electron chi connectivity index (χ1n) is 10.3. The monoisotopic (exact) mass is 460 g/mol. The molecule has 4 rings (SSSR count). The fourth-order valence-electron chi connectivity index (χ4n) is 3.91. The highest BCUT2D eigenvalue weighted by Gasteiger charge is 2.47. The van der Waals surface area contributed by atoms with Gasteiger partial charge in [0.1, 0.15) is 22.9 Å². The van der Waals surface area contributed by atoms with Crippen molar-refractivity contribution in [3.8, 4) is 11.5 Å². The molecule has 2 atom stereocenters. The van der Waals surface area contributed by atoms with Gasteiger partial charge in [0.05, 0.1) is 26.5 Å². The number of fused-ring (bicyclic) bond motifs is 1. The van der Waals surface area contributed by atoms with Gasteiger partial charge >= 0.3 is 6.18 Å². The van der Waals surface area contributed by atoms with Gasteiger partial charge in [-0.2, -0.15) is 18.3 Å². The molecule has 3 aromatic rings. The summed E-state index contributed by atoms with van der Waals surface area (Å²) in [7, 11) is 3.02. The number of benzene rings is 2. The number of nitrogens with zero attached hydrogens (tertiary/aromatic N) is 2. The second-order valence-corrected chi connectivity index (χ2v) is 7.61. The Labute approximate surface area is 188 Å². The Morgan fingerprint density at radius 1 is 1.15 bits per heavy atom. The van der Waals surface area contributed by atoms with Crippen molar-refractivity contribution in [2.75, 3.05) is 19.5 Å². The predicted molar refractivity (Wildman–Crippen MR) is 115 cm³/mol. The summed E-state index contributed by atoms with van der Waals surface area (Å²) < 4.78 is 53.0. The Morgan fingerprint density at radius 2 is 1.88 bits per heavy atom. The number of carbonyl (C=O) groups is 1. The lowest BCUT2D eigenvalue weighted by atomic mass is 9.95. The molecule has 33 heavy (non-hydrogen) atoms. The van der Waals surface area contributed by atoms with Crippen LogP contribution in [0.15, 0.2) is 54.7 Å². The SMILES string of the molecule is COc1ccc(CNC(=O)c2cnn3c2N[C@H](c2ccccc2OC)C[C@H]3C(F)(F)F)cc1. The number of alkyl halides is 3. The van der Waals surface area contributed by atoms with Gasteiger partial charge in [0.15, 0.2) is 6.04 Å². The predicted octanol–water partition coefficient (Wildman–Crippen LogP) is 4.49. The fourth-order valence-corrected chi connectivity index (χ4v) is 3.91. The molecule has 0 saturated carbocycles. The van der Waals surface area contributed by atoms with Gasteiger partial charge in [-0.25, -0.2) is 4.68 Å². The molecule has 1 aliphatic heterocycles. The quantitative estimate of drug-likeness (QED) is 0.567. The highest BCUT2D eigenvalue weighted by molar-refractivity contribution is 5.98. The lowest BCUT2D eigenvalue weighted by Gasteiger charge is -2.34. The van der Waals surface area contributed by atoms with Gasteiger partial charge in [0.25, 0.3) is 5.91 Å². The molecule has 0 saturated heterocycles. The van der Waals surface area contributed by atoms with E-state index in [1.807, 2.05) is 0 Å². The summed E-state index contributed by atoms with van der Waals surface area (Å²) in [6.45, 7) is 0.200. The number of ether oxygens (including phenoxy) is 2. The molecule has 174 valence electrons. The van der Waals surface area contributed by atoms with Crippen LogP contribution in [0, 0.1) is 0 Å².